The van der Waals surface area contributed by atoms with Crippen LogP contribution in [0.4, 0.5) is 0 Å². The van der Waals surface area contributed by atoms with Crippen LogP contribution in [0.25, 0.3) is 11.0 Å². The number of furan rings is 1. The molecule has 4 heteroatoms. The molecule has 1 aromatic heterocycles. The summed E-state index contributed by atoms with van der Waals surface area (Å²) in [4.78, 5) is 11.9. The average molecular weight is 252 g/mol. The molecule has 2 aromatic rings. The van der Waals surface area contributed by atoms with Crippen LogP contribution in [0.15, 0.2) is 28.7 Å². The second-order valence-corrected chi connectivity index (χ2v) is 5.26. The molecule has 0 atom stereocenters. The number of hydrogen-bond acceptors (Lipinski definition) is 3. The van der Waals surface area contributed by atoms with Crippen LogP contribution in [0.5, 0.6) is 0 Å². The van der Waals surface area contributed by atoms with Gasteiger partial charge in [0.05, 0.1) is 5.02 Å². The number of para-hydroxylation sites is 1. The smallest absolute Gasteiger partial charge is 0.199 e. The monoisotopic (exact) mass is 251 g/mol. The van der Waals surface area contributed by atoms with Gasteiger partial charge in [-0.15, -0.1) is 0 Å². The third-order valence-corrected chi connectivity index (χ3v) is 2.68. The molecule has 0 bridgehead atoms. The van der Waals surface area contributed by atoms with E-state index < -0.39 is 5.54 Å². The summed E-state index contributed by atoms with van der Waals surface area (Å²) >= 11 is 5.98. The molecule has 90 valence electrons. The summed E-state index contributed by atoms with van der Waals surface area (Å²) in [6, 6.07) is 7.11. The van der Waals surface area contributed by atoms with E-state index in [4.69, 9.17) is 21.8 Å². The molecule has 0 saturated carbocycles. The third kappa shape index (κ3) is 2.68. The molecule has 0 aliphatic heterocycles. The van der Waals surface area contributed by atoms with Crippen molar-refractivity contribution in [2.75, 3.05) is 0 Å². The molecule has 1 aromatic carbocycles. The SMILES string of the molecule is CC(C)(N)CC(=O)c1cc2cccc(Cl)c2o1. The van der Waals surface area contributed by atoms with Gasteiger partial charge in [-0.1, -0.05) is 23.7 Å². The van der Waals surface area contributed by atoms with Crippen LogP contribution in [0.2, 0.25) is 5.02 Å². The fourth-order valence-corrected chi connectivity index (χ4v) is 1.89. The molecule has 0 fully saturated rings. The average Bonchev–Trinajstić information content (AvgIpc) is 2.60. The van der Waals surface area contributed by atoms with Crippen molar-refractivity contribution >= 4 is 28.4 Å². The van der Waals surface area contributed by atoms with Gasteiger partial charge in [-0.25, -0.2) is 0 Å². The van der Waals surface area contributed by atoms with Gasteiger partial charge in [0.25, 0.3) is 0 Å². The van der Waals surface area contributed by atoms with Gasteiger partial charge in [0.15, 0.2) is 17.1 Å². The zero-order chi connectivity index (χ0) is 12.6. The zero-order valence-electron chi connectivity index (χ0n) is 9.79. The van der Waals surface area contributed by atoms with E-state index in [1.165, 1.54) is 0 Å². The molecule has 0 aliphatic carbocycles. The van der Waals surface area contributed by atoms with E-state index in [9.17, 15) is 4.79 Å². The molecular formula is C13H14ClNO2. The molecule has 0 radical (unpaired) electrons. The number of halogens is 1. The van der Waals surface area contributed by atoms with Crippen LogP contribution < -0.4 is 5.73 Å². The largest absolute Gasteiger partial charge is 0.451 e. The summed E-state index contributed by atoms with van der Waals surface area (Å²) in [7, 11) is 0. The Bertz CT molecular complexity index is 566. The maximum Gasteiger partial charge on any atom is 0.199 e. The number of benzene rings is 1. The topological polar surface area (TPSA) is 56.2 Å². The van der Waals surface area contributed by atoms with Crippen molar-refractivity contribution in [1.29, 1.82) is 0 Å². The van der Waals surface area contributed by atoms with Gasteiger partial charge in [-0.2, -0.15) is 0 Å². The second-order valence-electron chi connectivity index (χ2n) is 4.86. The molecular weight excluding hydrogens is 238 g/mol. The van der Waals surface area contributed by atoms with E-state index in [0.29, 0.717) is 16.4 Å². The van der Waals surface area contributed by atoms with Gasteiger partial charge in [0.1, 0.15) is 0 Å². The first-order valence-electron chi connectivity index (χ1n) is 5.37. The number of carbonyl (C=O) groups is 1. The normalized spacial score (nSPS) is 12.0. The highest BCUT2D eigenvalue weighted by atomic mass is 35.5. The first-order valence-corrected chi connectivity index (χ1v) is 5.75. The Morgan fingerprint density at radius 1 is 1.47 bits per heavy atom. The van der Waals surface area contributed by atoms with Gasteiger partial charge < -0.3 is 10.2 Å². The van der Waals surface area contributed by atoms with Crippen LogP contribution in [0.1, 0.15) is 30.8 Å². The molecule has 0 amide bonds. The predicted molar refractivity (Wildman–Crippen MR) is 68.4 cm³/mol. The lowest BCUT2D eigenvalue weighted by molar-refractivity contribution is 0.0935. The van der Waals surface area contributed by atoms with Crippen LogP contribution >= 0.6 is 11.6 Å². The Balaban J connectivity index is 2.37. The number of carbonyl (C=O) groups excluding carboxylic acids is 1. The molecule has 0 unspecified atom stereocenters. The van der Waals surface area contributed by atoms with Crippen molar-refractivity contribution in [3.05, 3.63) is 35.0 Å². The van der Waals surface area contributed by atoms with Crippen LogP contribution in [0.3, 0.4) is 0 Å². The van der Waals surface area contributed by atoms with Crippen molar-refractivity contribution in [3.63, 3.8) is 0 Å². The van der Waals surface area contributed by atoms with Crippen LogP contribution in [-0.4, -0.2) is 11.3 Å². The first-order chi connectivity index (χ1) is 7.87. The number of Topliss-reactive ketones (excluding diaryl/α,β-unsaturated/α-hetero) is 1. The molecule has 2 rings (SSSR count). The van der Waals surface area contributed by atoms with E-state index in [0.717, 1.165) is 5.39 Å². The summed E-state index contributed by atoms with van der Waals surface area (Å²) in [6.07, 6.45) is 0.241. The minimum atomic E-state index is -0.542. The van der Waals surface area contributed by atoms with Crippen molar-refractivity contribution in [1.82, 2.24) is 0 Å². The quantitative estimate of drug-likeness (QED) is 0.851. The lowest BCUT2D eigenvalue weighted by Crippen LogP contribution is -2.34. The van der Waals surface area contributed by atoms with Crippen molar-refractivity contribution in [2.45, 2.75) is 25.8 Å². The first kappa shape index (κ1) is 12.1. The Morgan fingerprint density at radius 2 is 2.18 bits per heavy atom. The van der Waals surface area contributed by atoms with Crippen molar-refractivity contribution in [3.8, 4) is 0 Å². The maximum absolute atomic E-state index is 11.9. The molecule has 0 aliphatic rings. The van der Waals surface area contributed by atoms with E-state index in [-0.39, 0.29) is 12.2 Å². The van der Waals surface area contributed by atoms with Crippen LogP contribution in [-0.2, 0) is 0 Å². The summed E-state index contributed by atoms with van der Waals surface area (Å²) < 4.78 is 5.47. The van der Waals surface area contributed by atoms with Gasteiger partial charge in [0.2, 0.25) is 0 Å². The minimum Gasteiger partial charge on any atom is -0.451 e. The summed E-state index contributed by atoms with van der Waals surface area (Å²) in [6.45, 7) is 3.61. The highest BCUT2D eigenvalue weighted by molar-refractivity contribution is 6.34. The fourth-order valence-electron chi connectivity index (χ4n) is 1.67. The van der Waals surface area contributed by atoms with Crippen molar-refractivity contribution in [2.24, 2.45) is 5.73 Å². The van der Waals surface area contributed by atoms with Crippen molar-refractivity contribution < 1.29 is 9.21 Å². The molecule has 2 N–H and O–H groups in total. The number of rotatable bonds is 3. The number of fused-ring (bicyclic) bond motifs is 1. The molecule has 17 heavy (non-hydrogen) atoms. The number of hydrogen-bond donors (Lipinski definition) is 1. The molecule has 1 heterocycles. The van der Waals surface area contributed by atoms with Gasteiger partial charge in [-0.3, -0.25) is 4.79 Å². The van der Waals surface area contributed by atoms with E-state index in [1.807, 2.05) is 12.1 Å². The Morgan fingerprint density at radius 3 is 2.76 bits per heavy atom. The highest BCUT2D eigenvalue weighted by Gasteiger charge is 2.21. The Labute approximate surface area is 105 Å². The summed E-state index contributed by atoms with van der Waals surface area (Å²) in [5, 5.41) is 1.34. The van der Waals surface area contributed by atoms with E-state index in [1.54, 1.807) is 26.0 Å². The number of nitrogens with two attached hydrogens (primary N) is 1. The Kier molecular flexibility index (Phi) is 2.98. The lowest BCUT2D eigenvalue weighted by atomic mass is 9.98. The summed E-state index contributed by atoms with van der Waals surface area (Å²) in [5.41, 5.74) is 5.82. The second kappa shape index (κ2) is 4.17. The van der Waals surface area contributed by atoms with Gasteiger partial charge in [-0.05, 0) is 26.0 Å². The van der Waals surface area contributed by atoms with E-state index >= 15 is 0 Å². The maximum atomic E-state index is 11.9. The highest BCUT2D eigenvalue weighted by Crippen LogP contribution is 2.27. The molecule has 0 spiro atoms. The lowest BCUT2D eigenvalue weighted by Gasteiger charge is -2.15. The Hall–Kier alpha value is -1.32. The standard InChI is InChI=1S/C13H14ClNO2/c1-13(2,15)7-10(16)11-6-8-4-3-5-9(14)12(8)17-11/h3-6H,7,15H2,1-2H3. The van der Waals surface area contributed by atoms with E-state index in [2.05, 4.69) is 0 Å². The predicted octanol–water partition coefficient (Wildman–Crippen LogP) is 3.40. The minimum absolute atomic E-state index is 0.107. The molecule has 3 nitrogen and oxygen atoms in total. The van der Waals surface area contributed by atoms with Gasteiger partial charge >= 0.3 is 0 Å². The third-order valence-electron chi connectivity index (χ3n) is 2.39. The fraction of sp³-hybridized carbons (Fsp3) is 0.308. The zero-order valence-corrected chi connectivity index (χ0v) is 10.5. The van der Waals surface area contributed by atoms with Gasteiger partial charge in [0, 0.05) is 17.3 Å². The van der Waals surface area contributed by atoms with Crippen LogP contribution in [0, 0.1) is 0 Å². The molecule has 0 saturated heterocycles. The number of ketones is 1. The summed E-state index contributed by atoms with van der Waals surface area (Å²) in [5.74, 6) is 0.205.